The zero-order chi connectivity index (χ0) is 23.5. The van der Waals surface area contributed by atoms with Crippen LogP contribution in [0.2, 0.25) is 0 Å². The maximum atomic E-state index is 13.0. The number of carbonyl (C=O) groups excluding carboxylic acids is 4. The molecule has 8 nitrogen and oxygen atoms in total. The number of barbiturate groups is 1. The second kappa shape index (κ2) is 8.96. The van der Waals surface area contributed by atoms with Crippen molar-refractivity contribution in [3.63, 3.8) is 0 Å². The van der Waals surface area contributed by atoms with E-state index in [0.717, 1.165) is 16.9 Å². The number of amides is 4. The van der Waals surface area contributed by atoms with Crippen LogP contribution in [0.25, 0.3) is 17.4 Å². The van der Waals surface area contributed by atoms with E-state index in [0.29, 0.717) is 22.6 Å². The van der Waals surface area contributed by atoms with Crippen molar-refractivity contribution in [3.05, 3.63) is 83.1 Å². The second-order valence-corrected chi connectivity index (χ2v) is 7.22. The minimum Gasteiger partial charge on any atom is -0.465 e. The van der Waals surface area contributed by atoms with Gasteiger partial charge in [0, 0.05) is 5.56 Å². The number of imide groups is 2. The van der Waals surface area contributed by atoms with Crippen LogP contribution >= 0.6 is 0 Å². The number of esters is 1. The Labute approximate surface area is 189 Å². The minimum atomic E-state index is -0.821. The maximum absolute atomic E-state index is 13.0. The third-order valence-corrected chi connectivity index (χ3v) is 5.22. The molecule has 0 spiro atoms. The van der Waals surface area contributed by atoms with Gasteiger partial charge < -0.3 is 9.15 Å². The number of hydrogen-bond donors (Lipinski definition) is 1. The molecule has 2 aromatic carbocycles. The highest BCUT2D eigenvalue weighted by atomic mass is 16.5. The Hall–Kier alpha value is -4.46. The first kappa shape index (κ1) is 21.8. The van der Waals surface area contributed by atoms with Gasteiger partial charge in [0.05, 0.1) is 18.4 Å². The number of urea groups is 1. The number of nitrogens with zero attached hydrogens (tertiary/aromatic N) is 1. The van der Waals surface area contributed by atoms with Gasteiger partial charge in [0.2, 0.25) is 0 Å². The first-order chi connectivity index (χ1) is 15.9. The number of hydrogen-bond acceptors (Lipinski definition) is 6. The summed E-state index contributed by atoms with van der Waals surface area (Å²) in [6.45, 7) is 1.99. The molecule has 1 aliphatic heterocycles. The summed E-state index contributed by atoms with van der Waals surface area (Å²) < 4.78 is 10.6. The molecule has 3 aromatic rings. The molecule has 0 aliphatic carbocycles. The van der Waals surface area contributed by atoms with Crippen LogP contribution in [-0.2, 0) is 20.7 Å². The van der Waals surface area contributed by atoms with E-state index in [9.17, 15) is 19.2 Å². The highest BCUT2D eigenvalue weighted by Gasteiger charge is 2.37. The monoisotopic (exact) mass is 444 g/mol. The van der Waals surface area contributed by atoms with Crippen molar-refractivity contribution in [1.29, 1.82) is 0 Å². The summed E-state index contributed by atoms with van der Waals surface area (Å²) >= 11 is 0. The standard InChI is InChI=1S/C25H20N2O6/c1-3-15-8-10-16(11-9-15)27-23(29)20(22(28)26-25(27)31)14-17-12-13-21(33-17)18-6-4-5-7-19(18)24(30)32-2/h4-14H,3H2,1-2H3,(H,26,28,31). The van der Waals surface area contributed by atoms with Gasteiger partial charge in [0.15, 0.2) is 0 Å². The summed E-state index contributed by atoms with van der Waals surface area (Å²) in [5.74, 6) is -1.54. The molecule has 4 rings (SSSR count). The van der Waals surface area contributed by atoms with Crippen LogP contribution in [0.5, 0.6) is 0 Å². The molecule has 0 atom stereocenters. The van der Waals surface area contributed by atoms with Gasteiger partial charge in [-0.15, -0.1) is 0 Å². The fraction of sp³-hybridized carbons (Fsp3) is 0.120. The molecule has 0 radical (unpaired) electrons. The number of furan rings is 1. The van der Waals surface area contributed by atoms with Gasteiger partial charge in [0.25, 0.3) is 11.8 Å². The van der Waals surface area contributed by atoms with Crippen molar-refractivity contribution in [1.82, 2.24) is 5.32 Å². The van der Waals surface area contributed by atoms with E-state index in [-0.39, 0.29) is 11.3 Å². The number of ether oxygens (including phenoxy) is 1. The summed E-state index contributed by atoms with van der Waals surface area (Å²) in [6.07, 6.45) is 2.08. The summed E-state index contributed by atoms with van der Waals surface area (Å²) in [7, 11) is 1.28. The zero-order valence-corrected chi connectivity index (χ0v) is 18.0. The molecule has 0 saturated carbocycles. The molecule has 166 valence electrons. The Morgan fingerprint density at radius 3 is 2.45 bits per heavy atom. The smallest absolute Gasteiger partial charge is 0.338 e. The van der Waals surface area contributed by atoms with Crippen LogP contribution in [0, 0.1) is 0 Å². The van der Waals surface area contributed by atoms with Gasteiger partial charge in [-0.2, -0.15) is 0 Å². The van der Waals surface area contributed by atoms with E-state index in [1.54, 1.807) is 48.5 Å². The third-order valence-electron chi connectivity index (χ3n) is 5.22. The topological polar surface area (TPSA) is 106 Å². The van der Waals surface area contributed by atoms with Gasteiger partial charge in [-0.1, -0.05) is 37.3 Å². The molecule has 0 bridgehead atoms. The van der Waals surface area contributed by atoms with Crippen LogP contribution < -0.4 is 10.2 Å². The van der Waals surface area contributed by atoms with Gasteiger partial charge in [-0.3, -0.25) is 14.9 Å². The number of carbonyl (C=O) groups is 4. The van der Waals surface area contributed by atoms with Crippen molar-refractivity contribution in [2.75, 3.05) is 12.0 Å². The first-order valence-corrected chi connectivity index (χ1v) is 10.2. The lowest BCUT2D eigenvalue weighted by Crippen LogP contribution is -2.54. The number of methoxy groups -OCH3 is 1. The number of anilines is 1. The molecule has 33 heavy (non-hydrogen) atoms. The van der Waals surface area contributed by atoms with Crippen LogP contribution in [0.15, 0.2) is 70.7 Å². The van der Waals surface area contributed by atoms with E-state index in [1.165, 1.54) is 13.2 Å². The van der Waals surface area contributed by atoms with E-state index < -0.39 is 23.8 Å². The van der Waals surface area contributed by atoms with Crippen molar-refractivity contribution < 1.29 is 28.3 Å². The van der Waals surface area contributed by atoms with E-state index >= 15 is 0 Å². The van der Waals surface area contributed by atoms with Crippen molar-refractivity contribution in [3.8, 4) is 11.3 Å². The quantitative estimate of drug-likeness (QED) is 0.363. The van der Waals surface area contributed by atoms with Crippen LogP contribution in [-0.4, -0.2) is 30.9 Å². The average molecular weight is 444 g/mol. The SMILES string of the molecule is CCc1ccc(N2C(=O)NC(=O)C(=Cc3ccc(-c4ccccc4C(=O)OC)o3)C2=O)cc1. The summed E-state index contributed by atoms with van der Waals surface area (Å²) in [5.41, 5.74) is 1.95. The molecule has 1 N–H and O–H groups in total. The molecule has 2 heterocycles. The third kappa shape index (κ3) is 4.18. The predicted octanol–water partition coefficient (Wildman–Crippen LogP) is 3.96. The lowest BCUT2D eigenvalue weighted by Gasteiger charge is -2.26. The van der Waals surface area contributed by atoms with Crippen molar-refractivity contribution in [2.45, 2.75) is 13.3 Å². The highest BCUT2D eigenvalue weighted by molar-refractivity contribution is 6.39. The van der Waals surface area contributed by atoms with Crippen LogP contribution in [0.3, 0.4) is 0 Å². The highest BCUT2D eigenvalue weighted by Crippen LogP contribution is 2.28. The predicted molar refractivity (Wildman–Crippen MR) is 120 cm³/mol. The summed E-state index contributed by atoms with van der Waals surface area (Å²) in [6, 6.07) is 16.0. The molecular formula is C25H20N2O6. The van der Waals surface area contributed by atoms with Gasteiger partial charge in [-0.25, -0.2) is 14.5 Å². The summed E-state index contributed by atoms with van der Waals surface area (Å²) in [4.78, 5) is 50.8. The Morgan fingerprint density at radius 2 is 1.76 bits per heavy atom. The molecule has 0 unspecified atom stereocenters. The lowest BCUT2D eigenvalue weighted by molar-refractivity contribution is -0.122. The Balaban J connectivity index is 1.67. The molecule has 1 aliphatic rings. The number of rotatable bonds is 5. The normalized spacial score (nSPS) is 15.0. The Kier molecular flexibility index (Phi) is 5.91. The number of benzene rings is 2. The van der Waals surface area contributed by atoms with Crippen LogP contribution in [0.4, 0.5) is 10.5 Å². The molecule has 1 saturated heterocycles. The molecule has 8 heteroatoms. The summed E-state index contributed by atoms with van der Waals surface area (Å²) in [5, 5.41) is 2.18. The number of aryl methyl sites for hydroxylation is 1. The molecule has 1 aromatic heterocycles. The second-order valence-electron chi connectivity index (χ2n) is 7.22. The number of nitrogens with one attached hydrogen (secondary N) is 1. The zero-order valence-electron chi connectivity index (χ0n) is 18.0. The maximum Gasteiger partial charge on any atom is 0.338 e. The molecule has 4 amide bonds. The molecule has 1 fully saturated rings. The van der Waals surface area contributed by atoms with Crippen molar-refractivity contribution >= 4 is 35.6 Å². The van der Waals surface area contributed by atoms with E-state index in [1.807, 2.05) is 19.1 Å². The Morgan fingerprint density at radius 1 is 1.03 bits per heavy atom. The minimum absolute atomic E-state index is 0.207. The van der Waals surface area contributed by atoms with Gasteiger partial charge in [-0.05, 0) is 48.4 Å². The largest absolute Gasteiger partial charge is 0.465 e. The fourth-order valence-electron chi connectivity index (χ4n) is 3.48. The van der Waals surface area contributed by atoms with E-state index in [2.05, 4.69) is 5.32 Å². The van der Waals surface area contributed by atoms with Crippen molar-refractivity contribution in [2.24, 2.45) is 0 Å². The van der Waals surface area contributed by atoms with Gasteiger partial charge in [0.1, 0.15) is 17.1 Å². The lowest BCUT2D eigenvalue weighted by atomic mass is 10.1. The first-order valence-electron chi connectivity index (χ1n) is 10.2. The fourth-order valence-corrected chi connectivity index (χ4v) is 3.48. The Bertz CT molecular complexity index is 1290. The van der Waals surface area contributed by atoms with Gasteiger partial charge >= 0.3 is 12.0 Å². The van der Waals surface area contributed by atoms with Crippen LogP contribution in [0.1, 0.15) is 28.6 Å². The van der Waals surface area contributed by atoms with E-state index in [4.69, 9.17) is 9.15 Å². The molecular weight excluding hydrogens is 424 g/mol. The average Bonchev–Trinajstić information content (AvgIpc) is 3.30.